The Hall–Kier alpha value is -1.32. The summed E-state index contributed by atoms with van der Waals surface area (Å²) in [7, 11) is 2.06. The molecule has 18 heavy (non-hydrogen) atoms. The normalized spacial score (nSPS) is 28.7. The molecule has 0 amide bonds. The summed E-state index contributed by atoms with van der Waals surface area (Å²) < 4.78 is 2.12. The molecule has 1 aromatic heterocycles. The quantitative estimate of drug-likeness (QED) is 0.808. The number of fused-ring (bicyclic) bond motifs is 1. The topological polar surface area (TPSA) is 51.2 Å². The molecule has 0 unspecified atom stereocenters. The Kier molecular flexibility index (Phi) is 2.68. The van der Waals surface area contributed by atoms with Crippen molar-refractivity contribution < 1.29 is 5.11 Å². The Balaban J connectivity index is 2.00. The van der Waals surface area contributed by atoms with Crippen molar-refractivity contribution in [3.8, 4) is 0 Å². The first-order valence-electron chi connectivity index (χ1n) is 6.61. The smallest absolute Gasteiger partial charge is 0.0541 e. The van der Waals surface area contributed by atoms with Crippen molar-refractivity contribution in [2.45, 2.75) is 37.3 Å². The van der Waals surface area contributed by atoms with Crippen LogP contribution in [-0.2, 0) is 12.6 Å². The van der Waals surface area contributed by atoms with Crippen LogP contribution in [0.4, 0.5) is 0 Å². The minimum absolute atomic E-state index is 0.166. The van der Waals surface area contributed by atoms with Crippen LogP contribution >= 0.6 is 0 Å². The van der Waals surface area contributed by atoms with Gasteiger partial charge >= 0.3 is 0 Å². The third-order valence-corrected chi connectivity index (χ3v) is 4.31. The number of aryl methyl sites for hydroxylation is 1. The van der Waals surface area contributed by atoms with Crippen LogP contribution in [0, 0.1) is 0 Å². The number of hydrogen-bond donors (Lipinski definition) is 2. The molecule has 1 fully saturated rings. The van der Waals surface area contributed by atoms with E-state index in [9.17, 15) is 5.11 Å². The third kappa shape index (κ3) is 1.84. The van der Waals surface area contributed by atoms with Crippen LogP contribution in [-0.4, -0.2) is 15.8 Å². The van der Waals surface area contributed by atoms with Gasteiger partial charge in [-0.3, -0.25) is 0 Å². The standard InChI is InChI=1S/C15H20N2O/c1-17-9-6-11-2-3-12(10-14(11)17)15(16)7-4-13(18)5-8-15/h2-3,6,9-10,13,18H,4-5,7-8,16H2,1H3. The number of nitrogens with two attached hydrogens (primary N) is 1. The highest BCUT2D eigenvalue weighted by Gasteiger charge is 2.32. The van der Waals surface area contributed by atoms with E-state index in [1.807, 2.05) is 0 Å². The molecule has 1 saturated carbocycles. The lowest BCUT2D eigenvalue weighted by Gasteiger charge is -2.36. The number of hydrogen-bond acceptors (Lipinski definition) is 2. The lowest BCUT2D eigenvalue weighted by molar-refractivity contribution is 0.0969. The van der Waals surface area contributed by atoms with Crippen LogP contribution in [0.25, 0.3) is 10.9 Å². The zero-order chi connectivity index (χ0) is 12.8. The van der Waals surface area contributed by atoms with Gasteiger partial charge in [-0.15, -0.1) is 0 Å². The van der Waals surface area contributed by atoms with Crippen molar-refractivity contribution in [2.75, 3.05) is 0 Å². The minimum atomic E-state index is -0.266. The van der Waals surface area contributed by atoms with E-state index in [4.69, 9.17) is 5.73 Å². The Morgan fingerprint density at radius 2 is 2.00 bits per heavy atom. The second kappa shape index (κ2) is 4.11. The molecule has 1 aliphatic carbocycles. The first-order chi connectivity index (χ1) is 8.58. The second-order valence-electron chi connectivity index (χ2n) is 5.59. The maximum absolute atomic E-state index is 9.61. The largest absolute Gasteiger partial charge is 0.393 e. The third-order valence-electron chi connectivity index (χ3n) is 4.31. The fourth-order valence-electron chi connectivity index (χ4n) is 2.98. The molecule has 3 nitrogen and oxygen atoms in total. The van der Waals surface area contributed by atoms with Gasteiger partial charge in [0.1, 0.15) is 0 Å². The summed E-state index contributed by atoms with van der Waals surface area (Å²) in [5.74, 6) is 0. The number of aromatic nitrogens is 1. The minimum Gasteiger partial charge on any atom is -0.393 e. The van der Waals surface area contributed by atoms with E-state index in [1.165, 1.54) is 16.5 Å². The second-order valence-corrected chi connectivity index (χ2v) is 5.59. The molecular formula is C15H20N2O. The molecule has 0 spiro atoms. The molecule has 3 rings (SSSR count). The zero-order valence-electron chi connectivity index (χ0n) is 10.8. The molecular weight excluding hydrogens is 224 g/mol. The number of rotatable bonds is 1. The number of aliphatic hydroxyl groups excluding tert-OH is 1. The van der Waals surface area contributed by atoms with Gasteiger partial charge in [0.25, 0.3) is 0 Å². The van der Waals surface area contributed by atoms with Gasteiger partial charge in [0.2, 0.25) is 0 Å². The lowest BCUT2D eigenvalue weighted by atomic mass is 9.76. The highest BCUT2D eigenvalue weighted by atomic mass is 16.3. The molecule has 0 saturated heterocycles. The average molecular weight is 244 g/mol. The Bertz CT molecular complexity index is 565. The van der Waals surface area contributed by atoms with Crippen molar-refractivity contribution in [2.24, 2.45) is 12.8 Å². The molecule has 0 atom stereocenters. The fraction of sp³-hybridized carbons (Fsp3) is 0.467. The van der Waals surface area contributed by atoms with Gasteiger partial charge in [-0.1, -0.05) is 12.1 Å². The van der Waals surface area contributed by atoms with Crippen LogP contribution in [0.3, 0.4) is 0 Å². The summed E-state index contributed by atoms with van der Waals surface area (Å²) in [6, 6.07) is 8.60. The maximum Gasteiger partial charge on any atom is 0.0541 e. The molecule has 3 N–H and O–H groups in total. The molecule has 3 heteroatoms. The zero-order valence-corrected chi connectivity index (χ0v) is 10.8. The van der Waals surface area contributed by atoms with E-state index in [-0.39, 0.29) is 11.6 Å². The van der Waals surface area contributed by atoms with Crippen molar-refractivity contribution >= 4 is 10.9 Å². The Labute approximate surface area is 107 Å². The van der Waals surface area contributed by atoms with Crippen molar-refractivity contribution in [3.63, 3.8) is 0 Å². The van der Waals surface area contributed by atoms with Crippen LogP contribution in [0.2, 0.25) is 0 Å². The number of aliphatic hydroxyl groups is 1. The van der Waals surface area contributed by atoms with Crippen molar-refractivity contribution in [1.82, 2.24) is 4.57 Å². The Morgan fingerprint density at radius 1 is 1.28 bits per heavy atom. The summed E-state index contributed by atoms with van der Waals surface area (Å²) in [6.45, 7) is 0. The fourth-order valence-corrected chi connectivity index (χ4v) is 2.98. The van der Waals surface area contributed by atoms with E-state index in [0.717, 1.165) is 25.7 Å². The van der Waals surface area contributed by atoms with Gasteiger partial charge in [0.05, 0.1) is 6.10 Å². The average Bonchev–Trinajstić information content (AvgIpc) is 2.75. The van der Waals surface area contributed by atoms with Gasteiger partial charge in [-0.2, -0.15) is 0 Å². The lowest BCUT2D eigenvalue weighted by Crippen LogP contribution is -2.41. The molecule has 0 radical (unpaired) electrons. The van der Waals surface area contributed by atoms with Crippen molar-refractivity contribution in [3.05, 3.63) is 36.0 Å². The summed E-state index contributed by atoms with van der Waals surface area (Å²) >= 11 is 0. The van der Waals surface area contributed by atoms with Crippen LogP contribution < -0.4 is 5.73 Å². The molecule has 1 heterocycles. The summed E-state index contributed by atoms with van der Waals surface area (Å²) in [5.41, 5.74) is 8.69. The number of nitrogens with zero attached hydrogens (tertiary/aromatic N) is 1. The van der Waals surface area contributed by atoms with Crippen LogP contribution in [0.1, 0.15) is 31.2 Å². The molecule has 96 valence electrons. The summed E-state index contributed by atoms with van der Waals surface area (Å²) in [6.07, 6.45) is 5.25. The van der Waals surface area contributed by atoms with E-state index in [1.54, 1.807) is 0 Å². The van der Waals surface area contributed by atoms with Crippen molar-refractivity contribution in [1.29, 1.82) is 0 Å². The molecule has 1 aromatic carbocycles. The van der Waals surface area contributed by atoms with Gasteiger partial charge < -0.3 is 15.4 Å². The SMILES string of the molecule is Cn1ccc2ccc(C3(N)CCC(O)CC3)cc21. The number of benzene rings is 1. The van der Waals surface area contributed by atoms with Gasteiger partial charge in [-0.05, 0) is 48.8 Å². The van der Waals surface area contributed by atoms with E-state index in [0.29, 0.717) is 0 Å². The van der Waals surface area contributed by atoms with Crippen LogP contribution in [0.5, 0.6) is 0 Å². The van der Waals surface area contributed by atoms with Gasteiger partial charge in [0.15, 0.2) is 0 Å². The maximum atomic E-state index is 9.61. The molecule has 2 aromatic rings. The van der Waals surface area contributed by atoms with E-state index in [2.05, 4.69) is 42.1 Å². The monoisotopic (exact) mass is 244 g/mol. The van der Waals surface area contributed by atoms with Crippen LogP contribution in [0.15, 0.2) is 30.5 Å². The Morgan fingerprint density at radius 3 is 2.72 bits per heavy atom. The molecule has 0 aliphatic heterocycles. The van der Waals surface area contributed by atoms with Gasteiger partial charge in [-0.25, -0.2) is 0 Å². The first-order valence-corrected chi connectivity index (χ1v) is 6.61. The predicted molar refractivity (Wildman–Crippen MR) is 73.3 cm³/mol. The van der Waals surface area contributed by atoms with Gasteiger partial charge in [0, 0.05) is 24.3 Å². The highest BCUT2D eigenvalue weighted by Crippen LogP contribution is 2.36. The first kappa shape index (κ1) is 11.8. The molecule has 0 bridgehead atoms. The summed E-state index contributed by atoms with van der Waals surface area (Å²) in [5, 5.41) is 10.9. The highest BCUT2D eigenvalue weighted by molar-refractivity contribution is 5.81. The van der Waals surface area contributed by atoms with E-state index >= 15 is 0 Å². The molecule has 1 aliphatic rings. The summed E-state index contributed by atoms with van der Waals surface area (Å²) in [4.78, 5) is 0. The predicted octanol–water partition coefficient (Wildman–Crippen LogP) is 2.27. The van der Waals surface area contributed by atoms with E-state index < -0.39 is 0 Å².